The molecule has 0 aliphatic heterocycles. The topological polar surface area (TPSA) is 56.3 Å². The van der Waals surface area contributed by atoms with Crippen molar-refractivity contribution in [1.29, 1.82) is 0 Å². The molecule has 0 aliphatic carbocycles. The Bertz CT molecular complexity index is 607. The number of ether oxygens (including phenoxy) is 2. The van der Waals surface area contributed by atoms with Gasteiger partial charge in [-0.15, -0.1) is 0 Å². The lowest BCUT2D eigenvalue weighted by Crippen LogP contribution is -2.23. The normalized spacial score (nSPS) is 12.8. The van der Waals surface area contributed by atoms with E-state index in [0.717, 1.165) is 22.5 Å². The summed E-state index contributed by atoms with van der Waals surface area (Å²) in [4.78, 5) is 4.51. The Balaban J connectivity index is 1.90. The van der Waals surface area contributed by atoms with E-state index in [4.69, 9.17) is 9.47 Å². The fourth-order valence-corrected chi connectivity index (χ4v) is 2.57. The molecule has 0 bridgehead atoms. The monoisotopic (exact) mass is 321 g/mol. The Morgan fingerprint density at radius 3 is 2.50 bits per heavy atom. The number of hydrogen-bond acceptors (Lipinski definition) is 6. The van der Waals surface area contributed by atoms with Crippen LogP contribution in [0, 0.1) is 0 Å². The highest BCUT2D eigenvalue weighted by Gasteiger charge is 2.19. The molecule has 0 aliphatic rings. The van der Waals surface area contributed by atoms with Gasteiger partial charge in [-0.3, -0.25) is 0 Å². The van der Waals surface area contributed by atoms with Gasteiger partial charge in [-0.1, -0.05) is 32.9 Å². The molecule has 0 saturated heterocycles. The maximum atomic E-state index is 5.90. The van der Waals surface area contributed by atoms with Crippen LogP contribution in [0.5, 0.6) is 11.5 Å². The minimum absolute atomic E-state index is 0.0155. The molecule has 1 heterocycles. The van der Waals surface area contributed by atoms with Gasteiger partial charge in [0.2, 0.25) is 5.13 Å². The molecule has 0 fully saturated rings. The lowest BCUT2D eigenvalue weighted by Gasteiger charge is -2.17. The maximum Gasteiger partial charge on any atom is 0.202 e. The average Bonchev–Trinajstić information content (AvgIpc) is 2.95. The summed E-state index contributed by atoms with van der Waals surface area (Å²) in [6.07, 6.45) is -0.0155. The largest absolute Gasteiger partial charge is 0.493 e. The van der Waals surface area contributed by atoms with Crippen LogP contribution in [0.15, 0.2) is 24.3 Å². The summed E-state index contributed by atoms with van der Waals surface area (Å²) < 4.78 is 15.6. The minimum Gasteiger partial charge on any atom is -0.493 e. The van der Waals surface area contributed by atoms with Gasteiger partial charge >= 0.3 is 0 Å². The number of aromatic nitrogens is 2. The van der Waals surface area contributed by atoms with E-state index in [0.29, 0.717) is 6.54 Å². The Morgan fingerprint density at radius 2 is 1.91 bits per heavy atom. The molecule has 22 heavy (non-hydrogen) atoms. The highest BCUT2D eigenvalue weighted by atomic mass is 32.1. The van der Waals surface area contributed by atoms with E-state index < -0.39 is 0 Å². The van der Waals surface area contributed by atoms with Gasteiger partial charge in [0, 0.05) is 16.9 Å². The van der Waals surface area contributed by atoms with Crippen LogP contribution in [0.4, 0.5) is 5.13 Å². The molecule has 0 amide bonds. The molecule has 0 saturated carbocycles. The van der Waals surface area contributed by atoms with Crippen LogP contribution < -0.4 is 14.8 Å². The fraction of sp³-hybridized carbons (Fsp3) is 0.500. The van der Waals surface area contributed by atoms with Gasteiger partial charge in [-0.05, 0) is 19.1 Å². The Kier molecular flexibility index (Phi) is 5.24. The predicted molar refractivity (Wildman–Crippen MR) is 90.2 cm³/mol. The summed E-state index contributed by atoms with van der Waals surface area (Å²) in [6, 6.07) is 7.63. The first-order valence-corrected chi connectivity index (χ1v) is 8.05. The highest BCUT2D eigenvalue weighted by molar-refractivity contribution is 7.09. The molecule has 1 N–H and O–H groups in total. The van der Waals surface area contributed by atoms with Crippen LogP contribution in [0.3, 0.4) is 0 Å². The van der Waals surface area contributed by atoms with Gasteiger partial charge in [0.1, 0.15) is 11.9 Å². The first-order chi connectivity index (χ1) is 10.4. The maximum absolute atomic E-state index is 5.90. The Labute approximate surface area is 135 Å². The number of hydrogen-bond donors (Lipinski definition) is 1. The minimum atomic E-state index is -0.0318. The number of anilines is 1. The van der Waals surface area contributed by atoms with E-state index in [1.807, 2.05) is 31.2 Å². The molecule has 1 aromatic carbocycles. The van der Waals surface area contributed by atoms with Gasteiger partial charge in [0.15, 0.2) is 11.5 Å². The van der Waals surface area contributed by atoms with Crippen LogP contribution >= 0.6 is 11.5 Å². The third-order valence-corrected chi connectivity index (χ3v) is 3.71. The second-order valence-electron chi connectivity index (χ2n) is 6.13. The van der Waals surface area contributed by atoms with E-state index in [-0.39, 0.29) is 11.5 Å². The number of benzene rings is 1. The van der Waals surface area contributed by atoms with Crippen LogP contribution in [0.25, 0.3) is 0 Å². The fourth-order valence-electron chi connectivity index (χ4n) is 1.81. The Morgan fingerprint density at radius 1 is 1.23 bits per heavy atom. The molecular formula is C16H23N3O2S. The third-order valence-electron chi connectivity index (χ3n) is 3.03. The van der Waals surface area contributed by atoms with Crippen LogP contribution in [-0.2, 0) is 5.41 Å². The lowest BCUT2D eigenvalue weighted by molar-refractivity contribution is 0.223. The lowest BCUT2D eigenvalue weighted by atomic mass is 9.96. The second-order valence-corrected chi connectivity index (χ2v) is 6.89. The van der Waals surface area contributed by atoms with Crippen LogP contribution in [-0.4, -0.2) is 29.1 Å². The van der Waals surface area contributed by atoms with Crippen molar-refractivity contribution in [1.82, 2.24) is 9.36 Å². The summed E-state index contributed by atoms with van der Waals surface area (Å²) in [5.74, 6) is 2.34. The average molecular weight is 321 g/mol. The van der Waals surface area contributed by atoms with Crippen molar-refractivity contribution >= 4 is 16.7 Å². The molecule has 1 unspecified atom stereocenters. The van der Waals surface area contributed by atoms with Crippen molar-refractivity contribution in [3.05, 3.63) is 30.1 Å². The molecule has 2 rings (SSSR count). The quantitative estimate of drug-likeness (QED) is 0.878. The smallest absolute Gasteiger partial charge is 0.202 e. The molecular weight excluding hydrogens is 298 g/mol. The van der Waals surface area contributed by atoms with E-state index in [1.165, 1.54) is 11.5 Å². The van der Waals surface area contributed by atoms with Crippen molar-refractivity contribution < 1.29 is 9.47 Å². The number of para-hydroxylation sites is 2. The van der Waals surface area contributed by atoms with E-state index in [2.05, 4.69) is 35.4 Å². The summed E-state index contributed by atoms with van der Waals surface area (Å²) >= 11 is 1.38. The van der Waals surface area contributed by atoms with Gasteiger partial charge in [-0.2, -0.15) is 4.37 Å². The van der Waals surface area contributed by atoms with E-state index in [1.54, 1.807) is 7.11 Å². The molecule has 0 spiro atoms. The van der Waals surface area contributed by atoms with E-state index in [9.17, 15) is 0 Å². The molecule has 6 heteroatoms. The molecule has 1 atom stereocenters. The third kappa shape index (κ3) is 4.34. The Hall–Kier alpha value is -1.82. The first-order valence-electron chi connectivity index (χ1n) is 7.28. The van der Waals surface area contributed by atoms with Crippen molar-refractivity contribution in [3.63, 3.8) is 0 Å². The molecule has 120 valence electrons. The summed E-state index contributed by atoms with van der Waals surface area (Å²) in [6.45, 7) is 8.96. The molecule has 1 aromatic heterocycles. The van der Waals surface area contributed by atoms with Crippen LogP contribution in [0.2, 0.25) is 0 Å². The highest BCUT2D eigenvalue weighted by Crippen LogP contribution is 2.27. The SMILES string of the molecule is COc1ccccc1OC(C)CNc1nc(C(C)(C)C)ns1. The van der Waals surface area contributed by atoms with E-state index >= 15 is 0 Å². The summed E-state index contributed by atoms with van der Waals surface area (Å²) in [5, 5.41) is 4.09. The van der Waals surface area contributed by atoms with Gasteiger partial charge in [0.05, 0.1) is 13.7 Å². The zero-order valence-electron chi connectivity index (χ0n) is 13.7. The summed E-state index contributed by atoms with van der Waals surface area (Å²) in [7, 11) is 1.64. The summed E-state index contributed by atoms with van der Waals surface area (Å²) in [5.41, 5.74) is -0.0318. The van der Waals surface area contributed by atoms with Crippen molar-refractivity contribution in [3.8, 4) is 11.5 Å². The van der Waals surface area contributed by atoms with Crippen molar-refractivity contribution in [2.75, 3.05) is 19.0 Å². The van der Waals surface area contributed by atoms with Gasteiger partial charge < -0.3 is 14.8 Å². The molecule has 0 radical (unpaired) electrons. The number of nitrogens with zero attached hydrogens (tertiary/aromatic N) is 2. The van der Waals surface area contributed by atoms with Crippen molar-refractivity contribution in [2.45, 2.75) is 39.2 Å². The van der Waals surface area contributed by atoms with Crippen LogP contribution in [0.1, 0.15) is 33.5 Å². The van der Waals surface area contributed by atoms with Crippen molar-refractivity contribution in [2.24, 2.45) is 0 Å². The number of nitrogens with one attached hydrogen (secondary N) is 1. The van der Waals surface area contributed by atoms with Gasteiger partial charge in [0.25, 0.3) is 0 Å². The zero-order valence-corrected chi connectivity index (χ0v) is 14.5. The number of methoxy groups -OCH3 is 1. The first kappa shape index (κ1) is 16.5. The predicted octanol–water partition coefficient (Wildman–Crippen LogP) is 3.72. The number of rotatable bonds is 6. The zero-order chi connectivity index (χ0) is 16.2. The standard InChI is InChI=1S/C16H23N3O2S/c1-11(21-13-9-7-6-8-12(13)20-5)10-17-15-18-14(19-22-15)16(2,3)4/h6-9,11H,10H2,1-5H3,(H,17,18,19). The second kappa shape index (κ2) is 6.96. The van der Waals surface area contributed by atoms with Gasteiger partial charge in [-0.25, -0.2) is 4.98 Å². The molecule has 2 aromatic rings. The molecule has 5 nitrogen and oxygen atoms in total.